The number of nitro groups is 1. The number of hydrogen-bond acceptors (Lipinski definition) is 5. The largest absolute Gasteiger partial charge is 0.269 e. The lowest BCUT2D eigenvalue weighted by Crippen LogP contribution is -2.36. The van der Waals surface area contributed by atoms with Crippen molar-refractivity contribution < 1.29 is 4.92 Å². The summed E-state index contributed by atoms with van der Waals surface area (Å²) < 4.78 is 0. The van der Waals surface area contributed by atoms with Crippen LogP contribution in [-0.4, -0.2) is 16.0 Å². The lowest BCUT2D eigenvalue weighted by molar-refractivity contribution is -0.384. The van der Waals surface area contributed by atoms with Crippen LogP contribution in [0.5, 0.6) is 0 Å². The molecule has 144 valence electrons. The number of rotatable bonds is 4. The molecule has 1 saturated carbocycles. The Morgan fingerprint density at radius 1 is 1.00 bits per heavy atom. The summed E-state index contributed by atoms with van der Waals surface area (Å²) in [6.07, 6.45) is 7.91. The molecule has 0 spiro atoms. The number of nitro benzene ring substituents is 1. The Labute approximate surface area is 168 Å². The molecule has 0 amide bonds. The fraction of sp³-hybridized carbons (Fsp3) is 0.333. The second kappa shape index (κ2) is 8.10. The minimum Gasteiger partial charge on any atom is -0.264 e. The summed E-state index contributed by atoms with van der Waals surface area (Å²) in [5, 5.41) is 22.8. The van der Waals surface area contributed by atoms with Gasteiger partial charge in [0.15, 0.2) is 0 Å². The number of non-ortho nitro benzene ring substituents is 1. The van der Waals surface area contributed by atoms with Gasteiger partial charge in [-0.3, -0.25) is 15.1 Å². The molecule has 28 heavy (non-hydrogen) atoms. The Morgan fingerprint density at radius 2 is 1.68 bits per heavy atom. The summed E-state index contributed by atoms with van der Waals surface area (Å²) in [6.45, 7) is 0. The minimum atomic E-state index is -0.377. The maximum absolute atomic E-state index is 11.0. The molecule has 1 atom stereocenters. The molecule has 0 N–H and O–H groups in total. The van der Waals surface area contributed by atoms with Crippen molar-refractivity contribution in [2.24, 2.45) is 10.3 Å². The standard InChI is InChI=1S/C21H21ClN4O2/c22-17-10-6-15(7-11-17)20-14-21(16-8-12-19(13-9-16)26(27)28)25(24-23-20)18-4-2-1-3-5-18/h6-14,18,21H,1-5H2. The lowest BCUT2D eigenvalue weighted by atomic mass is 9.92. The zero-order valence-electron chi connectivity index (χ0n) is 15.4. The monoisotopic (exact) mass is 396 g/mol. The molecule has 1 aliphatic heterocycles. The van der Waals surface area contributed by atoms with Crippen molar-refractivity contribution in [1.82, 2.24) is 5.01 Å². The quantitative estimate of drug-likeness (QED) is 0.446. The van der Waals surface area contributed by atoms with Crippen molar-refractivity contribution in [2.75, 3.05) is 0 Å². The Kier molecular flexibility index (Phi) is 5.39. The van der Waals surface area contributed by atoms with Crippen LogP contribution in [0.15, 0.2) is 64.9 Å². The first-order chi connectivity index (χ1) is 13.6. The number of hydrogen-bond donors (Lipinski definition) is 0. The van der Waals surface area contributed by atoms with Crippen LogP contribution in [0.1, 0.15) is 49.3 Å². The minimum absolute atomic E-state index is 0.0901. The van der Waals surface area contributed by atoms with Gasteiger partial charge in [0, 0.05) is 28.8 Å². The van der Waals surface area contributed by atoms with E-state index in [0.717, 1.165) is 29.7 Å². The van der Waals surface area contributed by atoms with Crippen LogP contribution in [0.3, 0.4) is 0 Å². The first-order valence-electron chi connectivity index (χ1n) is 9.54. The van der Waals surface area contributed by atoms with Crippen LogP contribution in [0.2, 0.25) is 5.02 Å². The molecular weight excluding hydrogens is 376 g/mol. The van der Waals surface area contributed by atoms with Crippen LogP contribution in [-0.2, 0) is 0 Å². The molecule has 2 aromatic rings. The third kappa shape index (κ3) is 3.92. The highest BCUT2D eigenvalue weighted by Gasteiger charge is 2.30. The van der Waals surface area contributed by atoms with Crippen LogP contribution in [0.25, 0.3) is 5.70 Å². The Bertz CT molecular complexity index is 903. The number of halogens is 1. The van der Waals surface area contributed by atoms with Gasteiger partial charge in [-0.05, 0) is 48.7 Å². The predicted octanol–water partition coefficient (Wildman–Crippen LogP) is 6.35. The SMILES string of the molecule is O=[N+]([O-])c1ccc(C2C=C(c3ccc(Cl)cc3)N=NN2C2CCCCC2)cc1. The van der Waals surface area contributed by atoms with E-state index < -0.39 is 0 Å². The van der Waals surface area contributed by atoms with Crippen molar-refractivity contribution in [1.29, 1.82) is 0 Å². The first-order valence-corrected chi connectivity index (χ1v) is 9.92. The van der Waals surface area contributed by atoms with E-state index in [2.05, 4.69) is 21.4 Å². The molecule has 0 aromatic heterocycles. The van der Waals surface area contributed by atoms with Gasteiger partial charge in [-0.2, -0.15) is 0 Å². The third-order valence-corrected chi connectivity index (χ3v) is 5.64. The molecule has 1 aliphatic carbocycles. The molecule has 2 aliphatic rings. The second-order valence-corrected chi connectivity index (χ2v) is 7.65. The first kappa shape index (κ1) is 18.6. The highest BCUT2D eigenvalue weighted by molar-refractivity contribution is 6.30. The third-order valence-electron chi connectivity index (χ3n) is 5.39. The molecule has 1 unspecified atom stereocenters. The summed E-state index contributed by atoms with van der Waals surface area (Å²) in [7, 11) is 0. The highest BCUT2D eigenvalue weighted by Crippen LogP contribution is 2.37. The molecule has 6 nitrogen and oxygen atoms in total. The Morgan fingerprint density at radius 3 is 2.32 bits per heavy atom. The number of benzene rings is 2. The summed E-state index contributed by atoms with van der Waals surface area (Å²) in [5.41, 5.74) is 2.80. The fourth-order valence-corrected chi connectivity index (χ4v) is 4.00. The van der Waals surface area contributed by atoms with Crippen LogP contribution >= 0.6 is 11.6 Å². The van der Waals surface area contributed by atoms with E-state index in [4.69, 9.17) is 11.6 Å². The van der Waals surface area contributed by atoms with Crippen LogP contribution < -0.4 is 0 Å². The van der Waals surface area contributed by atoms with Gasteiger partial charge in [0.1, 0.15) is 0 Å². The van der Waals surface area contributed by atoms with Crippen LogP contribution in [0, 0.1) is 10.1 Å². The maximum atomic E-state index is 11.0. The van der Waals surface area contributed by atoms with Gasteiger partial charge in [0.05, 0.1) is 16.7 Å². The highest BCUT2D eigenvalue weighted by atomic mass is 35.5. The predicted molar refractivity (Wildman–Crippen MR) is 109 cm³/mol. The molecule has 7 heteroatoms. The van der Waals surface area contributed by atoms with Crippen molar-refractivity contribution in [3.05, 3.63) is 80.9 Å². The molecule has 0 bridgehead atoms. The average Bonchev–Trinajstić information content (AvgIpc) is 2.74. The average molecular weight is 397 g/mol. The fourth-order valence-electron chi connectivity index (χ4n) is 3.88. The topological polar surface area (TPSA) is 71.1 Å². The van der Waals surface area contributed by atoms with E-state index in [1.165, 1.54) is 19.3 Å². The summed E-state index contributed by atoms with van der Waals surface area (Å²) in [4.78, 5) is 10.6. The van der Waals surface area contributed by atoms with E-state index in [1.807, 2.05) is 36.4 Å². The normalized spacial score (nSPS) is 20.1. The Hall–Kier alpha value is -2.73. The maximum Gasteiger partial charge on any atom is 0.269 e. The van der Waals surface area contributed by atoms with Crippen LogP contribution in [0.4, 0.5) is 5.69 Å². The summed E-state index contributed by atoms with van der Waals surface area (Å²) in [5.74, 6) is 0. The zero-order valence-corrected chi connectivity index (χ0v) is 16.1. The van der Waals surface area contributed by atoms with Gasteiger partial charge in [0.25, 0.3) is 5.69 Å². The molecule has 1 heterocycles. The zero-order chi connectivity index (χ0) is 19.5. The Balaban J connectivity index is 1.69. The van der Waals surface area contributed by atoms with Gasteiger partial charge in [0.2, 0.25) is 0 Å². The van der Waals surface area contributed by atoms with Gasteiger partial charge >= 0.3 is 0 Å². The van der Waals surface area contributed by atoms with Crippen molar-refractivity contribution >= 4 is 23.0 Å². The van der Waals surface area contributed by atoms with E-state index in [9.17, 15) is 10.1 Å². The molecule has 2 aromatic carbocycles. The summed E-state index contributed by atoms with van der Waals surface area (Å²) in [6, 6.07) is 14.5. The van der Waals surface area contributed by atoms with E-state index in [0.29, 0.717) is 11.1 Å². The molecule has 1 fully saturated rings. The van der Waals surface area contributed by atoms with E-state index in [-0.39, 0.29) is 16.7 Å². The smallest absolute Gasteiger partial charge is 0.264 e. The summed E-state index contributed by atoms with van der Waals surface area (Å²) >= 11 is 6.00. The van der Waals surface area contributed by atoms with Gasteiger partial charge in [-0.1, -0.05) is 48.2 Å². The van der Waals surface area contributed by atoms with Crippen molar-refractivity contribution in [2.45, 2.75) is 44.2 Å². The van der Waals surface area contributed by atoms with Gasteiger partial charge in [-0.25, -0.2) is 0 Å². The van der Waals surface area contributed by atoms with Gasteiger partial charge < -0.3 is 0 Å². The van der Waals surface area contributed by atoms with E-state index >= 15 is 0 Å². The lowest BCUT2D eigenvalue weighted by Gasteiger charge is -2.37. The van der Waals surface area contributed by atoms with Crippen molar-refractivity contribution in [3.63, 3.8) is 0 Å². The second-order valence-electron chi connectivity index (χ2n) is 7.21. The molecule has 0 radical (unpaired) electrons. The van der Waals surface area contributed by atoms with E-state index in [1.54, 1.807) is 12.1 Å². The molecule has 0 saturated heterocycles. The number of nitrogens with zero attached hydrogens (tertiary/aromatic N) is 4. The molecular formula is C21H21ClN4O2. The van der Waals surface area contributed by atoms with Crippen molar-refractivity contribution in [3.8, 4) is 0 Å². The molecule has 4 rings (SSSR count). The van der Waals surface area contributed by atoms with Gasteiger partial charge in [-0.15, -0.1) is 5.11 Å².